The molecule has 0 amide bonds. The number of halogens is 5. The molecule has 0 bridgehead atoms. The summed E-state index contributed by atoms with van der Waals surface area (Å²) >= 11 is 0. The zero-order chi connectivity index (χ0) is 27.2. The van der Waals surface area contributed by atoms with Gasteiger partial charge in [-0.1, -0.05) is 42.5 Å². The molecule has 3 aromatic carbocycles. The van der Waals surface area contributed by atoms with Crippen LogP contribution in [0.1, 0.15) is 33.5 Å². The summed E-state index contributed by atoms with van der Waals surface area (Å²) in [6, 6.07) is 14.2. The Morgan fingerprint density at radius 2 is 1.68 bits per heavy atom. The molecule has 0 fully saturated rings. The van der Waals surface area contributed by atoms with Crippen molar-refractivity contribution in [1.82, 2.24) is 4.90 Å². The lowest BCUT2D eigenvalue weighted by atomic mass is 10.1. The number of sulfone groups is 1. The average Bonchev–Trinajstić information content (AvgIpc) is 2.82. The smallest absolute Gasteiger partial charge is 0.419 e. The number of rotatable bonds is 11. The monoisotopic (exact) mass is 541 g/mol. The van der Waals surface area contributed by atoms with Gasteiger partial charge in [0.05, 0.1) is 22.6 Å². The van der Waals surface area contributed by atoms with Gasteiger partial charge < -0.3 is 4.74 Å². The lowest BCUT2D eigenvalue weighted by Crippen LogP contribution is -2.26. The zero-order valence-electron chi connectivity index (χ0n) is 19.8. The molecule has 5 nitrogen and oxygen atoms in total. The van der Waals surface area contributed by atoms with E-state index in [9.17, 15) is 35.2 Å². The number of hydrogen-bond donors (Lipinski definition) is 0. The van der Waals surface area contributed by atoms with Crippen molar-refractivity contribution in [2.75, 3.05) is 19.4 Å². The first-order chi connectivity index (χ1) is 17.4. The van der Waals surface area contributed by atoms with Crippen LogP contribution in [0.3, 0.4) is 0 Å². The van der Waals surface area contributed by atoms with Gasteiger partial charge in [-0.2, -0.15) is 13.2 Å². The van der Waals surface area contributed by atoms with Crippen molar-refractivity contribution in [3.8, 4) is 5.75 Å². The molecular weight excluding hydrogens is 517 g/mol. The van der Waals surface area contributed by atoms with Gasteiger partial charge in [0.25, 0.3) is 0 Å². The molecule has 0 aromatic heterocycles. The number of aldehydes is 1. The molecule has 0 unspecified atom stereocenters. The molecule has 0 N–H and O–H groups in total. The first-order valence-corrected chi connectivity index (χ1v) is 13.0. The normalized spacial score (nSPS) is 12.1. The van der Waals surface area contributed by atoms with Crippen LogP contribution >= 0.6 is 0 Å². The van der Waals surface area contributed by atoms with Crippen molar-refractivity contribution in [2.45, 2.75) is 30.6 Å². The highest BCUT2D eigenvalue weighted by atomic mass is 32.2. The Morgan fingerprint density at radius 3 is 2.30 bits per heavy atom. The lowest BCUT2D eigenvalue weighted by molar-refractivity contribution is -0.140. The molecule has 0 aliphatic carbocycles. The van der Waals surface area contributed by atoms with Gasteiger partial charge in [-0.25, -0.2) is 17.2 Å². The molecule has 198 valence electrons. The van der Waals surface area contributed by atoms with Crippen molar-refractivity contribution < 1.29 is 39.9 Å². The average molecular weight is 542 g/mol. The fourth-order valence-electron chi connectivity index (χ4n) is 3.77. The molecular formula is C26H24F5NO4S. The molecule has 0 spiro atoms. The Morgan fingerprint density at radius 1 is 0.973 bits per heavy atom. The highest BCUT2D eigenvalue weighted by molar-refractivity contribution is 7.90. The van der Waals surface area contributed by atoms with Gasteiger partial charge in [-0.15, -0.1) is 0 Å². The predicted octanol–water partition coefficient (Wildman–Crippen LogP) is 5.67. The van der Waals surface area contributed by atoms with Crippen molar-refractivity contribution in [1.29, 1.82) is 0 Å². The SMILES string of the molecule is CS(=O)(=O)c1cc(OCCCN(Cc2ccccc2)Cc2cccc(C(F)(F)F)c2F)cc(F)c1C=O. The van der Waals surface area contributed by atoms with E-state index >= 15 is 0 Å². The van der Waals surface area contributed by atoms with E-state index in [1.54, 1.807) is 17.0 Å². The van der Waals surface area contributed by atoms with Crippen LogP contribution < -0.4 is 4.74 Å². The van der Waals surface area contributed by atoms with Crippen LogP contribution in [0.25, 0.3) is 0 Å². The summed E-state index contributed by atoms with van der Waals surface area (Å²) in [7, 11) is -3.90. The van der Waals surface area contributed by atoms with E-state index in [0.717, 1.165) is 30.0 Å². The van der Waals surface area contributed by atoms with Crippen LogP contribution in [0.4, 0.5) is 22.0 Å². The molecule has 0 saturated carbocycles. The predicted molar refractivity (Wildman–Crippen MR) is 127 cm³/mol. The summed E-state index contributed by atoms with van der Waals surface area (Å²) < 4.78 is 97.6. The third-order valence-corrected chi connectivity index (χ3v) is 6.63. The second kappa shape index (κ2) is 11.8. The summed E-state index contributed by atoms with van der Waals surface area (Å²) in [6.45, 7) is 0.487. The minimum absolute atomic E-state index is 0.000555. The van der Waals surface area contributed by atoms with Gasteiger partial charge in [0.1, 0.15) is 17.4 Å². The van der Waals surface area contributed by atoms with Crippen LogP contribution in [0.2, 0.25) is 0 Å². The molecule has 0 heterocycles. The Balaban J connectivity index is 1.74. The van der Waals surface area contributed by atoms with Crippen molar-refractivity contribution in [3.63, 3.8) is 0 Å². The van der Waals surface area contributed by atoms with E-state index in [0.29, 0.717) is 19.0 Å². The number of ether oxygens (including phenoxy) is 1. The molecule has 3 aromatic rings. The quantitative estimate of drug-likeness (QED) is 0.178. The van der Waals surface area contributed by atoms with Gasteiger partial charge in [0, 0.05) is 37.5 Å². The highest BCUT2D eigenvalue weighted by Gasteiger charge is 2.34. The first-order valence-electron chi connectivity index (χ1n) is 11.1. The molecule has 0 radical (unpaired) electrons. The van der Waals surface area contributed by atoms with E-state index in [1.807, 2.05) is 18.2 Å². The maximum absolute atomic E-state index is 14.6. The standard InChI is InChI=1S/C26H24F5NO4S/c1-37(34,35)24-14-20(13-23(27)21(24)17-33)36-12-6-11-32(15-18-7-3-2-4-8-18)16-19-9-5-10-22(25(19)28)26(29,30)31/h2-5,7-10,13-14,17H,6,11-12,15-16H2,1H3. The van der Waals surface area contributed by atoms with Gasteiger partial charge in [-0.05, 0) is 24.1 Å². The topological polar surface area (TPSA) is 63.7 Å². The second-order valence-electron chi connectivity index (χ2n) is 8.38. The van der Waals surface area contributed by atoms with Gasteiger partial charge in [-0.3, -0.25) is 9.69 Å². The van der Waals surface area contributed by atoms with Crippen molar-refractivity contribution >= 4 is 16.1 Å². The Labute approximate surface area is 211 Å². The Kier molecular flexibility index (Phi) is 9.03. The van der Waals surface area contributed by atoms with Crippen LogP contribution in [0.15, 0.2) is 65.6 Å². The summed E-state index contributed by atoms with van der Waals surface area (Å²) in [5.74, 6) is -2.47. The third-order valence-electron chi connectivity index (χ3n) is 5.50. The number of carbonyl (C=O) groups is 1. The molecule has 0 aliphatic heterocycles. The summed E-state index contributed by atoms with van der Waals surface area (Å²) in [4.78, 5) is 12.3. The van der Waals surface area contributed by atoms with Crippen molar-refractivity contribution in [3.05, 3.63) is 94.6 Å². The largest absolute Gasteiger partial charge is 0.493 e. The first kappa shape index (κ1) is 28.3. The number of hydrogen-bond acceptors (Lipinski definition) is 5. The highest BCUT2D eigenvalue weighted by Crippen LogP contribution is 2.33. The second-order valence-corrected chi connectivity index (χ2v) is 10.4. The molecule has 11 heteroatoms. The van der Waals surface area contributed by atoms with Gasteiger partial charge in [0.2, 0.25) is 0 Å². The minimum Gasteiger partial charge on any atom is -0.493 e. The fourth-order valence-corrected chi connectivity index (χ4v) is 4.64. The maximum atomic E-state index is 14.6. The van der Waals surface area contributed by atoms with Crippen LogP contribution in [-0.2, 0) is 29.1 Å². The van der Waals surface area contributed by atoms with Crippen molar-refractivity contribution in [2.24, 2.45) is 0 Å². The van der Waals surface area contributed by atoms with Gasteiger partial charge in [0.15, 0.2) is 16.1 Å². The molecule has 0 saturated heterocycles. The fraction of sp³-hybridized carbons (Fsp3) is 0.269. The van der Waals surface area contributed by atoms with E-state index in [4.69, 9.17) is 4.74 Å². The van der Waals surface area contributed by atoms with E-state index in [-0.39, 0.29) is 37.3 Å². The van der Waals surface area contributed by atoms with E-state index in [1.165, 1.54) is 6.07 Å². The van der Waals surface area contributed by atoms with Crippen LogP contribution in [-0.4, -0.2) is 39.0 Å². The molecule has 0 atom stereocenters. The summed E-state index contributed by atoms with van der Waals surface area (Å²) in [6.07, 6.45) is -3.56. The Bertz CT molecular complexity index is 1350. The lowest BCUT2D eigenvalue weighted by Gasteiger charge is -2.23. The number of nitrogens with zero attached hydrogens (tertiary/aromatic N) is 1. The van der Waals surface area contributed by atoms with E-state index < -0.39 is 43.7 Å². The zero-order valence-corrected chi connectivity index (χ0v) is 20.6. The third kappa shape index (κ3) is 7.59. The number of alkyl halides is 3. The number of carbonyl (C=O) groups excluding carboxylic acids is 1. The number of benzene rings is 3. The van der Waals surface area contributed by atoms with Crippen LogP contribution in [0.5, 0.6) is 5.75 Å². The maximum Gasteiger partial charge on any atom is 0.419 e. The van der Waals surface area contributed by atoms with E-state index in [2.05, 4.69) is 0 Å². The molecule has 37 heavy (non-hydrogen) atoms. The van der Waals surface area contributed by atoms with Gasteiger partial charge >= 0.3 is 6.18 Å². The summed E-state index contributed by atoms with van der Waals surface area (Å²) in [5.41, 5.74) is -1.18. The molecule has 3 rings (SSSR count). The summed E-state index contributed by atoms with van der Waals surface area (Å²) in [5, 5.41) is 0. The van der Waals surface area contributed by atoms with Crippen LogP contribution in [0, 0.1) is 11.6 Å². The minimum atomic E-state index is -4.82. The molecule has 0 aliphatic rings. The Hall–Kier alpha value is -3.31.